The molecule has 0 atom stereocenters. The van der Waals surface area contributed by atoms with Crippen molar-refractivity contribution in [2.24, 2.45) is 0 Å². The van der Waals surface area contributed by atoms with E-state index >= 15 is 0 Å². The van der Waals surface area contributed by atoms with Crippen LogP contribution < -0.4 is 4.74 Å². The van der Waals surface area contributed by atoms with Gasteiger partial charge in [0.25, 0.3) is 0 Å². The van der Waals surface area contributed by atoms with E-state index in [1.165, 1.54) is 11.1 Å². The smallest absolute Gasteiger partial charge is 0.125 e. The molecular formula is C13H19NO. The lowest BCUT2D eigenvalue weighted by atomic mass is 10.1. The summed E-state index contributed by atoms with van der Waals surface area (Å²) in [4.78, 5) is 2.33. The van der Waals surface area contributed by atoms with Crippen molar-refractivity contribution in [2.45, 2.75) is 19.8 Å². The second-order valence-electron chi connectivity index (χ2n) is 4.15. The first-order valence-corrected chi connectivity index (χ1v) is 5.73. The van der Waals surface area contributed by atoms with Crippen LogP contribution in [0.25, 0.3) is 0 Å². The molecule has 0 aliphatic carbocycles. The van der Waals surface area contributed by atoms with Crippen molar-refractivity contribution in [3.05, 3.63) is 29.3 Å². The van der Waals surface area contributed by atoms with Crippen molar-refractivity contribution >= 4 is 0 Å². The van der Waals surface area contributed by atoms with Gasteiger partial charge in [0.15, 0.2) is 0 Å². The molecule has 1 aromatic rings. The molecule has 2 heteroatoms. The Balaban J connectivity index is 2.06. The van der Waals surface area contributed by atoms with Gasteiger partial charge in [0.1, 0.15) is 5.75 Å². The average Bonchev–Trinajstić information content (AvgIpc) is 2.74. The summed E-state index contributed by atoms with van der Waals surface area (Å²) in [5.41, 5.74) is 2.75. The van der Waals surface area contributed by atoms with Gasteiger partial charge in [-0.3, -0.25) is 0 Å². The highest BCUT2D eigenvalue weighted by molar-refractivity contribution is 5.44. The molecule has 0 fully saturated rings. The Morgan fingerprint density at radius 3 is 3.07 bits per heavy atom. The standard InChI is InChI=1S/C13H19NO/c1-3-14(2)9-7-11-5-4-6-12-8-10-15-13(11)12/h4-6H,3,7-10H2,1-2H3. The van der Waals surface area contributed by atoms with Gasteiger partial charge in [0, 0.05) is 13.0 Å². The van der Waals surface area contributed by atoms with E-state index in [1.54, 1.807) is 0 Å². The minimum Gasteiger partial charge on any atom is -0.493 e. The van der Waals surface area contributed by atoms with Gasteiger partial charge in [-0.2, -0.15) is 0 Å². The zero-order valence-corrected chi connectivity index (χ0v) is 9.62. The van der Waals surface area contributed by atoms with Crippen LogP contribution in [0.15, 0.2) is 18.2 Å². The van der Waals surface area contributed by atoms with Gasteiger partial charge >= 0.3 is 0 Å². The van der Waals surface area contributed by atoms with E-state index in [2.05, 4.69) is 37.1 Å². The Bertz CT molecular complexity index is 335. The van der Waals surface area contributed by atoms with E-state index in [0.717, 1.165) is 38.3 Å². The van der Waals surface area contributed by atoms with Crippen molar-refractivity contribution in [3.8, 4) is 5.75 Å². The number of rotatable bonds is 4. The van der Waals surface area contributed by atoms with Crippen LogP contribution in [0.1, 0.15) is 18.1 Å². The van der Waals surface area contributed by atoms with Gasteiger partial charge in [-0.25, -0.2) is 0 Å². The highest BCUT2D eigenvalue weighted by Crippen LogP contribution is 2.29. The summed E-state index contributed by atoms with van der Waals surface area (Å²) in [7, 11) is 2.16. The van der Waals surface area contributed by atoms with E-state index in [4.69, 9.17) is 4.74 Å². The third-order valence-corrected chi connectivity index (χ3v) is 3.10. The molecule has 0 bridgehead atoms. The van der Waals surface area contributed by atoms with Gasteiger partial charge in [-0.05, 0) is 31.1 Å². The monoisotopic (exact) mass is 205 g/mol. The van der Waals surface area contributed by atoms with Gasteiger partial charge in [-0.1, -0.05) is 25.1 Å². The Labute approximate surface area is 91.9 Å². The number of nitrogens with zero attached hydrogens (tertiary/aromatic N) is 1. The lowest BCUT2D eigenvalue weighted by Gasteiger charge is -2.14. The van der Waals surface area contributed by atoms with Gasteiger partial charge < -0.3 is 9.64 Å². The highest BCUT2D eigenvalue weighted by atomic mass is 16.5. The molecule has 82 valence electrons. The molecule has 1 aromatic carbocycles. The van der Waals surface area contributed by atoms with E-state index < -0.39 is 0 Å². The molecule has 0 amide bonds. The first-order chi connectivity index (χ1) is 7.31. The van der Waals surface area contributed by atoms with Crippen LogP contribution in [-0.2, 0) is 12.8 Å². The second kappa shape index (κ2) is 4.67. The maximum Gasteiger partial charge on any atom is 0.125 e. The number of hydrogen-bond donors (Lipinski definition) is 0. The zero-order valence-electron chi connectivity index (χ0n) is 9.62. The summed E-state index contributed by atoms with van der Waals surface area (Å²) in [6, 6.07) is 6.51. The second-order valence-corrected chi connectivity index (χ2v) is 4.15. The lowest BCUT2D eigenvalue weighted by Crippen LogP contribution is -2.20. The average molecular weight is 205 g/mol. The van der Waals surface area contributed by atoms with E-state index in [0.29, 0.717) is 0 Å². The molecule has 1 aliphatic rings. The van der Waals surface area contributed by atoms with Crippen molar-refractivity contribution in [1.82, 2.24) is 4.90 Å². The Morgan fingerprint density at radius 1 is 1.40 bits per heavy atom. The van der Waals surface area contributed by atoms with Gasteiger partial charge in [0.2, 0.25) is 0 Å². The molecule has 15 heavy (non-hydrogen) atoms. The zero-order chi connectivity index (χ0) is 10.7. The molecule has 0 saturated heterocycles. The topological polar surface area (TPSA) is 12.5 Å². The third-order valence-electron chi connectivity index (χ3n) is 3.10. The molecule has 0 spiro atoms. The van der Waals surface area contributed by atoms with Crippen LogP contribution in [0.4, 0.5) is 0 Å². The molecule has 0 unspecified atom stereocenters. The minimum absolute atomic E-state index is 0.857. The predicted octanol–water partition coefficient (Wildman–Crippen LogP) is 2.12. The van der Waals surface area contributed by atoms with E-state index in [1.807, 2.05) is 0 Å². The van der Waals surface area contributed by atoms with Crippen LogP contribution in [0.2, 0.25) is 0 Å². The number of para-hydroxylation sites is 1. The SMILES string of the molecule is CCN(C)CCc1cccc2c1OCC2. The maximum atomic E-state index is 5.68. The number of fused-ring (bicyclic) bond motifs is 1. The van der Waals surface area contributed by atoms with Crippen LogP contribution in [0.3, 0.4) is 0 Å². The number of ether oxygens (including phenoxy) is 1. The fourth-order valence-electron chi connectivity index (χ4n) is 1.95. The predicted molar refractivity (Wildman–Crippen MR) is 62.5 cm³/mol. The van der Waals surface area contributed by atoms with Crippen molar-refractivity contribution in [2.75, 3.05) is 26.7 Å². The fourth-order valence-corrected chi connectivity index (χ4v) is 1.95. The summed E-state index contributed by atoms with van der Waals surface area (Å²) >= 11 is 0. The number of likely N-dealkylation sites (N-methyl/N-ethyl adjacent to an activating group) is 1. The Hall–Kier alpha value is -1.02. The summed E-state index contributed by atoms with van der Waals surface area (Å²) in [6.07, 6.45) is 2.17. The molecule has 0 N–H and O–H groups in total. The first kappa shape index (κ1) is 10.5. The van der Waals surface area contributed by atoms with E-state index in [9.17, 15) is 0 Å². The summed E-state index contributed by atoms with van der Waals surface area (Å²) in [5, 5.41) is 0. The van der Waals surface area contributed by atoms with Crippen molar-refractivity contribution in [3.63, 3.8) is 0 Å². The van der Waals surface area contributed by atoms with Gasteiger partial charge in [-0.15, -0.1) is 0 Å². The summed E-state index contributed by atoms with van der Waals surface area (Å²) < 4.78 is 5.68. The van der Waals surface area contributed by atoms with Crippen LogP contribution >= 0.6 is 0 Å². The van der Waals surface area contributed by atoms with Crippen LogP contribution in [-0.4, -0.2) is 31.6 Å². The molecule has 2 nitrogen and oxygen atoms in total. The van der Waals surface area contributed by atoms with Crippen molar-refractivity contribution < 1.29 is 4.74 Å². The molecular weight excluding hydrogens is 186 g/mol. The molecule has 2 rings (SSSR count). The molecule has 0 aromatic heterocycles. The largest absolute Gasteiger partial charge is 0.493 e. The Morgan fingerprint density at radius 2 is 2.27 bits per heavy atom. The number of benzene rings is 1. The molecule has 0 radical (unpaired) electrons. The number of hydrogen-bond acceptors (Lipinski definition) is 2. The lowest BCUT2D eigenvalue weighted by molar-refractivity contribution is 0.340. The molecule has 1 heterocycles. The summed E-state index contributed by atoms with van der Waals surface area (Å²) in [6.45, 7) is 5.26. The Kier molecular flexibility index (Phi) is 3.27. The third kappa shape index (κ3) is 2.32. The highest BCUT2D eigenvalue weighted by Gasteiger charge is 2.15. The fraction of sp³-hybridized carbons (Fsp3) is 0.538. The normalized spacial score (nSPS) is 14.1. The summed E-state index contributed by atoms with van der Waals surface area (Å²) in [5.74, 6) is 1.15. The van der Waals surface area contributed by atoms with Crippen LogP contribution in [0.5, 0.6) is 5.75 Å². The van der Waals surface area contributed by atoms with Crippen LogP contribution in [0, 0.1) is 0 Å². The quantitative estimate of drug-likeness (QED) is 0.746. The van der Waals surface area contributed by atoms with E-state index in [-0.39, 0.29) is 0 Å². The first-order valence-electron chi connectivity index (χ1n) is 5.73. The van der Waals surface area contributed by atoms with Crippen molar-refractivity contribution in [1.29, 1.82) is 0 Å². The molecule has 1 aliphatic heterocycles. The maximum absolute atomic E-state index is 5.68. The molecule has 0 saturated carbocycles. The minimum atomic E-state index is 0.857. The van der Waals surface area contributed by atoms with Gasteiger partial charge in [0.05, 0.1) is 6.61 Å².